The van der Waals surface area contributed by atoms with Gasteiger partial charge in [0.2, 0.25) is 0 Å². The first-order valence-electron chi connectivity index (χ1n) is 7.06. The molecule has 2 aromatic rings. The van der Waals surface area contributed by atoms with Gasteiger partial charge in [-0.3, -0.25) is 4.79 Å². The van der Waals surface area contributed by atoms with Crippen LogP contribution >= 0.6 is 0 Å². The molecule has 2 rings (SSSR count). The second kappa shape index (κ2) is 6.00. The molecule has 2 aromatic carbocycles. The van der Waals surface area contributed by atoms with E-state index in [-0.39, 0.29) is 11.9 Å². The standard InChI is InChI=1S/C18H21NO2/c1-11(2)21-16-8-12(3)17(13(4)9-16)18(20)14-6-5-7-15(19)10-14/h5-11H,19H2,1-4H3. The van der Waals surface area contributed by atoms with E-state index in [0.29, 0.717) is 11.3 Å². The summed E-state index contributed by atoms with van der Waals surface area (Å²) in [6.45, 7) is 7.83. The van der Waals surface area contributed by atoms with Gasteiger partial charge in [-0.15, -0.1) is 0 Å². The van der Waals surface area contributed by atoms with Crippen molar-refractivity contribution in [1.29, 1.82) is 0 Å². The largest absolute Gasteiger partial charge is 0.491 e. The summed E-state index contributed by atoms with van der Waals surface area (Å²) < 4.78 is 5.70. The van der Waals surface area contributed by atoms with Gasteiger partial charge in [0.05, 0.1) is 6.10 Å². The number of aryl methyl sites for hydroxylation is 2. The molecule has 0 atom stereocenters. The number of carbonyl (C=O) groups excluding carboxylic acids is 1. The lowest BCUT2D eigenvalue weighted by Crippen LogP contribution is -2.10. The highest BCUT2D eigenvalue weighted by atomic mass is 16.5. The summed E-state index contributed by atoms with van der Waals surface area (Å²) in [5.74, 6) is 0.789. The summed E-state index contributed by atoms with van der Waals surface area (Å²) >= 11 is 0. The number of anilines is 1. The fourth-order valence-electron chi connectivity index (χ4n) is 2.45. The van der Waals surface area contributed by atoms with Gasteiger partial charge in [-0.2, -0.15) is 0 Å². The Morgan fingerprint density at radius 1 is 1.10 bits per heavy atom. The molecule has 0 aromatic heterocycles. The molecule has 2 N–H and O–H groups in total. The third kappa shape index (κ3) is 3.43. The van der Waals surface area contributed by atoms with Crippen molar-refractivity contribution in [3.05, 3.63) is 58.7 Å². The topological polar surface area (TPSA) is 52.3 Å². The van der Waals surface area contributed by atoms with Crippen molar-refractivity contribution in [2.75, 3.05) is 5.73 Å². The molecule has 0 heterocycles. The van der Waals surface area contributed by atoms with Crippen LogP contribution < -0.4 is 10.5 Å². The third-order valence-electron chi connectivity index (χ3n) is 3.25. The van der Waals surface area contributed by atoms with Crippen molar-refractivity contribution in [1.82, 2.24) is 0 Å². The van der Waals surface area contributed by atoms with E-state index < -0.39 is 0 Å². The minimum atomic E-state index is -0.00611. The minimum absolute atomic E-state index is 0.00611. The van der Waals surface area contributed by atoms with Crippen LogP contribution in [0.25, 0.3) is 0 Å². The number of benzene rings is 2. The average Bonchev–Trinajstić information content (AvgIpc) is 2.36. The number of nitrogen functional groups attached to an aromatic ring is 1. The molecule has 0 aliphatic rings. The third-order valence-corrected chi connectivity index (χ3v) is 3.25. The minimum Gasteiger partial charge on any atom is -0.491 e. The monoisotopic (exact) mass is 283 g/mol. The van der Waals surface area contributed by atoms with E-state index >= 15 is 0 Å². The van der Waals surface area contributed by atoms with Crippen LogP contribution in [0, 0.1) is 13.8 Å². The van der Waals surface area contributed by atoms with Gasteiger partial charge in [0.15, 0.2) is 5.78 Å². The second-order valence-electron chi connectivity index (χ2n) is 5.55. The zero-order valence-electron chi connectivity index (χ0n) is 12.9. The fourth-order valence-corrected chi connectivity index (χ4v) is 2.45. The molecule has 21 heavy (non-hydrogen) atoms. The maximum Gasteiger partial charge on any atom is 0.193 e. The number of rotatable bonds is 4. The highest BCUT2D eigenvalue weighted by Crippen LogP contribution is 2.25. The molecule has 0 saturated carbocycles. The Labute approximate surface area is 125 Å². The smallest absolute Gasteiger partial charge is 0.193 e. The molecule has 3 heteroatoms. The van der Waals surface area contributed by atoms with Gasteiger partial charge >= 0.3 is 0 Å². The Balaban J connectivity index is 2.42. The molecule has 0 radical (unpaired) electrons. The lowest BCUT2D eigenvalue weighted by atomic mass is 9.94. The lowest BCUT2D eigenvalue weighted by molar-refractivity contribution is 0.103. The summed E-state index contributed by atoms with van der Waals surface area (Å²) in [5.41, 5.74) is 9.51. The maximum atomic E-state index is 12.7. The summed E-state index contributed by atoms with van der Waals surface area (Å²) in [5, 5.41) is 0. The van der Waals surface area contributed by atoms with Crippen molar-refractivity contribution < 1.29 is 9.53 Å². The Bertz CT molecular complexity index is 652. The van der Waals surface area contributed by atoms with E-state index in [1.807, 2.05) is 39.8 Å². The van der Waals surface area contributed by atoms with Crippen LogP contribution in [-0.4, -0.2) is 11.9 Å². The zero-order valence-corrected chi connectivity index (χ0v) is 12.9. The van der Waals surface area contributed by atoms with E-state index in [9.17, 15) is 4.79 Å². The first-order chi connectivity index (χ1) is 9.88. The molecule has 0 bridgehead atoms. The predicted octanol–water partition coefficient (Wildman–Crippen LogP) is 3.90. The van der Waals surface area contributed by atoms with Crippen LogP contribution in [0.15, 0.2) is 36.4 Å². The van der Waals surface area contributed by atoms with Crippen LogP contribution in [-0.2, 0) is 0 Å². The molecule has 110 valence electrons. The van der Waals surface area contributed by atoms with Crippen molar-refractivity contribution in [2.24, 2.45) is 0 Å². The number of hydrogen-bond donors (Lipinski definition) is 1. The summed E-state index contributed by atoms with van der Waals surface area (Å²) in [4.78, 5) is 12.7. The van der Waals surface area contributed by atoms with Crippen LogP contribution in [0.4, 0.5) is 5.69 Å². The number of ether oxygens (including phenoxy) is 1. The Kier molecular flexibility index (Phi) is 4.32. The molecule has 0 saturated heterocycles. The maximum absolute atomic E-state index is 12.7. The van der Waals surface area contributed by atoms with Crippen molar-refractivity contribution in [3.63, 3.8) is 0 Å². The number of nitrogens with two attached hydrogens (primary N) is 1. The second-order valence-corrected chi connectivity index (χ2v) is 5.55. The van der Waals surface area contributed by atoms with Gasteiger partial charge in [-0.25, -0.2) is 0 Å². The first-order valence-corrected chi connectivity index (χ1v) is 7.06. The Hall–Kier alpha value is -2.29. The van der Waals surface area contributed by atoms with Crippen LogP contribution in [0.3, 0.4) is 0 Å². The van der Waals surface area contributed by atoms with Gasteiger partial charge in [0.1, 0.15) is 5.75 Å². The number of hydrogen-bond acceptors (Lipinski definition) is 3. The van der Waals surface area contributed by atoms with Gasteiger partial charge in [-0.1, -0.05) is 12.1 Å². The lowest BCUT2D eigenvalue weighted by Gasteiger charge is -2.15. The molecule has 3 nitrogen and oxygen atoms in total. The van der Waals surface area contributed by atoms with Gasteiger partial charge in [0, 0.05) is 16.8 Å². The molecule has 0 spiro atoms. The van der Waals surface area contributed by atoms with Crippen molar-refractivity contribution in [2.45, 2.75) is 33.8 Å². The summed E-state index contributed by atoms with van der Waals surface area (Å²) in [7, 11) is 0. The fraction of sp³-hybridized carbons (Fsp3) is 0.278. The molecular weight excluding hydrogens is 262 g/mol. The highest BCUT2D eigenvalue weighted by molar-refractivity contribution is 6.11. The van der Waals surface area contributed by atoms with Crippen LogP contribution in [0.5, 0.6) is 5.75 Å². The van der Waals surface area contributed by atoms with E-state index in [0.717, 1.165) is 22.4 Å². The normalized spacial score (nSPS) is 10.7. The zero-order chi connectivity index (χ0) is 15.6. The molecule has 0 fully saturated rings. The molecule has 0 aliphatic heterocycles. The first kappa shape index (κ1) is 15.1. The molecule has 0 amide bonds. The number of carbonyl (C=O) groups is 1. The predicted molar refractivity (Wildman–Crippen MR) is 86.0 cm³/mol. The van der Waals surface area contributed by atoms with Crippen molar-refractivity contribution >= 4 is 11.5 Å². The quantitative estimate of drug-likeness (QED) is 0.684. The van der Waals surface area contributed by atoms with E-state index in [1.165, 1.54) is 0 Å². The van der Waals surface area contributed by atoms with Crippen molar-refractivity contribution in [3.8, 4) is 5.75 Å². The molecule has 0 aliphatic carbocycles. The molecule has 0 unspecified atom stereocenters. The van der Waals surface area contributed by atoms with Gasteiger partial charge in [-0.05, 0) is 63.1 Å². The molecular formula is C18H21NO2. The van der Waals surface area contributed by atoms with Crippen LogP contribution in [0.1, 0.15) is 40.9 Å². The van der Waals surface area contributed by atoms with Crippen LogP contribution in [0.2, 0.25) is 0 Å². The van der Waals surface area contributed by atoms with Gasteiger partial charge < -0.3 is 10.5 Å². The van der Waals surface area contributed by atoms with Gasteiger partial charge in [0.25, 0.3) is 0 Å². The summed E-state index contributed by atoms with van der Waals surface area (Å²) in [6, 6.07) is 10.9. The highest BCUT2D eigenvalue weighted by Gasteiger charge is 2.16. The summed E-state index contributed by atoms with van der Waals surface area (Å²) in [6.07, 6.45) is 0.110. The SMILES string of the molecule is Cc1cc(OC(C)C)cc(C)c1C(=O)c1cccc(N)c1. The van der Waals surface area contributed by atoms with E-state index in [4.69, 9.17) is 10.5 Å². The Morgan fingerprint density at radius 3 is 2.24 bits per heavy atom. The van der Waals surface area contributed by atoms with E-state index in [2.05, 4.69) is 0 Å². The van der Waals surface area contributed by atoms with E-state index in [1.54, 1.807) is 24.3 Å². The Morgan fingerprint density at radius 2 is 1.71 bits per heavy atom. The average molecular weight is 283 g/mol. The number of ketones is 1.